The van der Waals surface area contributed by atoms with Crippen LogP contribution in [0, 0.1) is 0 Å². The summed E-state index contributed by atoms with van der Waals surface area (Å²) in [5.41, 5.74) is 2.57. The molecule has 1 fully saturated rings. The van der Waals surface area contributed by atoms with Crippen LogP contribution < -0.4 is 9.47 Å². The SMILES string of the molecule is COc1ccc(CN(Cc2ccc(OC)cc2)S(=O)(=O)c2cc(CN(C)CCCO)n(C3CC3)n2)cc1. The minimum atomic E-state index is -3.91. The lowest BCUT2D eigenvalue weighted by molar-refractivity contribution is 0.241. The fraction of sp³-hybridized carbons (Fsp3) is 0.444. The highest BCUT2D eigenvalue weighted by atomic mass is 32.2. The molecule has 0 amide bonds. The van der Waals surface area contributed by atoms with Crippen molar-refractivity contribution in [1.29, 1.82) is 0 Å². The molecule has 0 spiro atoms. The molecule has 4 rings (SSSR count). The quantitative estimate of drug-likeness (QED) is 0.342. The minimum Gasteiger partial charge on any atom is -0.497 e. The third-order valence-corrected chi connectivity index (χ3v) is 8.12. The Balaban J connectivity index is 1.65. The van der Waals surface area contributed by atoms with Crippen molar-refractivity contribution < 1.29 is 23.0 Å². The van der Waals surface area contributed by atoms with E-state index in [0.717, 1.165) is 36.2 Å². The predicted molar refractivity (Wildman–Crippen MR) is 141 cm³/mol. The first-order chi connectivity index (χ1) is 17.8. The molecule has 0 atom stereocenters. The van der Waals surface area contributed by atoms with Crippen LogP contribution in [0.3, 0.4) is 0 Å². The summed E-state index contributed by atoms with van der Waals surface area (Å²) in [6.45, 7) is 1.80. The van der Waals surface area contributed by atoms with Crippen molar-refractivity contribution in [1.82, 2.24) is 19.0 Å². The van der Waals surface area contributed by atoms with E-state index < -0.39 is 10.0 Å². The Morgan fingerprint density at radius 3 is 1.95 bits per heavy atom. The molecule has 0 unspecified atom stereocenters. The van der Waals surface area contributed by atoms with E-state index in [-0.39, 0.29) is 30.8 Å². The maximum Gasteiger partial charge on any atom is 0.263 e. The van der Waals surface area contributed by atoms with E-state index in [4.69, 9.17) is 14.6 Å². The Bertz CT molecular complexity index is 1210. The van der Waals surface area contributed by atoms with E-state index >= 15 is 0 Å². The largest absolute Gasteiger partial charge is 0.497 e. The molecule has 1 aliphatic rings. The number of hydrogen-bond donors (Lipinski definition) is 1. The molecule has 1 heterocycles. The summed E-state index contributed by atoms with van der Waals surface area (Å²) in [4.78, 5) is 2.08. The molecule has 3 aromatic rings. The molecule has 1 N–H and O–H groups in total. The van der Waals surface area contributed by atoms with Gasteiger partial charge in [-0.25, -0.2) is 8.42 Å². The first kappa shape index (κ1) is 27.1. The minimum absolute atomic E-state index is 0.0620. The van der Waals surface area contributed by atoms with Crippen LogP contribution in [-0.4, -0.2) is 66.9 Å². The molecular formula is C27H36N4O5S. The number of aliphatic hydroxyl groups is 1. The van der Waals surface area contributed by atoms with Gasteiger partial charge in [0.15, 0.2) is 5.03 Å². The number of methoxy groups -OCH3 is 2. The zero-order chi connectivity index (χ0) is 26.4. The highest BCUT2D eigenvalue weighted by Crippen LogP contribution is 2.36. The van der Waals surface area contributed by atoms with E-state index in [1.54, 1.807) is 20.3 Å². The molecule has 1 saturated carbocycles. The lowest BCUT2D eigenvalue weighted by Gasteiger charge is -2.21. The van der Waals surface area contributed by atoms with Crippen molar-refractivity contribution in [2.45, 2.75) is 50.0 Å². The summed E-state index contributed by atoms with van der Waals surface area (Å²) in [7, 11) is 1.26. The molecule has 0 saturated heterocycles. The summed E-state index contributed by atoms with van der Waals surface area (Å²) in [5.74, 6) is 1.43. The predicted octanol–water partition coefficient (Wildman–Crippen LogP) is 3.44. The van der Waals surface area contributed by atoms with Crippen molar-refractivity contribution in [3.63, 3.8) is 0 Å². The van der Waals surface area contributed by atoms with Gasteiger partial charge in [0.25, 0.3) is 10.0 Å². The van der Waals surface area contributed by atoms with Crippen molar-refractivity contribution in [3.8, 4) is 11.5 Å². The van der Waals surface area contributed by atoms with Gasteiger partial charge < -0.3 is 19.5 Å². The van der Waals surface area contributed by atoms with E-state index in [2.05, 4.69) is 10.00 Å². The molecule has 10 heteroatoms. The summed E-state index contributed by atoms with van der Waals surface area (Å²) in [6, 6.07) is 16.8. The van der Waals surface area contributed by atoms with Crippen LogP contribution in [0.15, 0.2) is 59.6 Å². The normalized spacial score (nSPS) is 13.9. The van der Waals surface area contributed by atoms with E-state index in [9.17, 15) is 8.42 Å². The fourth-order valence-electron chi connectivity index (χ4n) is 4.21. The molecule has 0 radical (unpaired) electrons. The van der Waals surface area contributed by atoms with Crippen LogP contribution in [-0.2, 0) is 29.7 Å². The average Bonchev–Trinajstić information content (AvgIpc) is 3.67. The summed E-state index contributed by atoms with van der Waals surface area (Å²) < 4.78 is 41.9. The van der Waals surface area contributed by atoms with E-state index in [1.807, 2.05) is 60.3 Å². The molecular weight excluding hydrogens is 492 g/mol. The topological polar surface area (TPSA) is 97.1 Å². The van der Waals surface area contributed by atoms with Gasteiger partial charge in [-0.3, -0.25) is 4.68 Å². The number of nitrogens with zero attached hydrogens (tertiary/aromatic N) is 4. The Labute approximate surface area is 219 Å². The van der Waals surface area contributed by atoms with Crippen molar-refractivity contribution in [3.05, 3.63) is 71.4 Å². The smallest absolute Gasteiger partial charge is 0.263 e. The molecule has 1 aromatic heterocycles. The second kappa shape index (κ2) is 12.1. The fourth-order valence-corrected chi connectivity index (χ4v) is 5.59. The number of rotatable bonds is 14. The Morgan fingerprint density at radius 1 is 0.946 bits per heavy atom. The Morgan fingerprint density at radius 2 is 1.49 bits per heavy atom. The third-order valence-electron chi connectivity index (χ3n) is 6.45. The van der Waals surface area contributed by atoms with Gasteiger partial charge in [-0.15, -0.1) is 0 Å². The lowest BCUT2D eigenvalue weighted by Crippen LogP contribution is -2.30. The zero-order valence-corrected chi connectivity index (χ0v) is 22.5. The lowest BCUT2D eigenvalue weighted by atomic mass is 10.2. The Hall–Kier alpha value is -2.92. The maximum atomic E-state index is 14.0. The third kappa shape index (κ3) is 6.89. The van der Waals surface area contributed by atoms with Gasteiger partial charge in [0.1, 0.15) is 11.5 Å². The Kier molecular flexibility index (Phi) is 8.86. The monoisotopic (exact) mass is 528 g/mol. The van der Waals surface area contributed by atoms with Crippen LogP contribution >= 0.6 is 0 Å². The van der Waals surface area contributed by atoms with E-state index in [1.165, 1.54) is 4.31 Å². The van der Waals surface area contributed by atoms with Crippen LogP contribution in [0.4, 0.5) is 0 Å². The molecule has 9 nitrogen and oxygen atoms in total. The van der Waals surface area contributed by atoms with Gasteiger partial charge in [-0.1, -0.05) is 24.3 Å². The van der Waals surface area contributed by atoms with Crippen LogP contribution in [0.1, 0.15) is 42.1 Å². The van der Waals surface area contributed by atoms with Gasteiger partial charge in [-0.05, 0) is 61.7 Å². The summed E-state index contributed by atoms with van der Waals surface area (Å²) in [6.07, 6.45) is 2.66. The number of aliphatic hydroxyl groups excluding tert-OH is 1. The number of sulfonamides is 1. The van der Waals surface area contributed by atoms with Crippen molar-refractivity contribution in [2.24, 2.45) is 0 Å². The number of aromatic nitrogens is 2. The van der Waals surface area contributed by atoms with Crippen molar-refractivity contribution >= 4 is 10.0 Å². The highest BCUT2D eigenvalue weighted by molar-refractivity contribution is 7.89. The maximum absolute atomic E-state index is 14.0. The average molecular weight is 529 g/mol. The number of hydrogen-bond acceptors (Lipinski definition) is 7. The van der Waals surface area contributed by atoms with Gasteiger partial charge in [0.2, 0.25) is 0 Å². The van der Waals surface area contributed by atoms with E-state index in [0.29, 0.717) is 24.5 Å². The first-order valence-electron chi connectivity index (χ1n) is 12.5. The molecule has 200 valence electrons. The highest BCUT2D eigenvalue weighted by Gasteiger charge is 2.33. The standard InChI is InChI=1S/C27H36N4O5S/c1-29(15-4-16-32)20-24-17-27(28-31(24)23-9-10-23)37(33,34)30(18-21-5-11-25(35-2)12-6-21)19-22-7-13-26(36-3)14-8-22/h5-8,11-14,17,23,32H,4,9-10,15-16,18-20H2,1-3H3. The van der Waals surface area contributed by atoms with Gasteiger partial charge in [0, 0.05) is 38.9 Å². The molecule has 37 heavy (non-hydrogen) atoms. The molecule has 1 aliphatic carbocycles. The molecule has 2 aromatic carbocycles. The number of ether oxygens (including phenoxy) is 2. The van der Waals surface area contributed by atoms with Crippen LogP contribution in [0.25, 0.3) is 0 Å². The molecule has 0 aliphatic heterocycles. The summed E-state index contributed by atoms with van der Waals surface area (Å²) >= 11 is 0. The zero-order valence-electron chi connectivity index (χ0n) is 21.7. The molecule has 0 bridgehead atoms. The second-order valence-corrected chi connectivity index (χ2v) is 11.3. The van der Waals surface area contributed by atoms with Gasteiger partial charge >= 0.3 is 0 Å². The second-order valence-electron chi connectivity index (χ2n) is 9.43. The van der Waals surface area contributed by atoms with Crippen LogP contribution in [0.5, 0.6) is 11.5 Å². The first-order valence-corrected chi connectivity index (χ1v) is 13.9. The summed E-state index contributed by atoms with van der Waals surface area (Å²) in [5, 5.41) is 13.8. The van der Waals surface area contributed by atoms with Crippen molar-refractivity contribution in [2.75, 3.05) is 34.4 Å². The van der Waals surface area contributed by atoms with Crippen LogP contribution in [0.2, 0.25) is 0 Å². The van der Waals surface area contributed by atoms with Gasteiger partial charge in [0.05, 0.1) is 26.0 Å². The van der Waals surface area contributed by atoms with Gasteiger partial charge in [-0.2, -0.15) is 9.40 Å². The number of benzene rings is 2.